The van der Waals surface area contributed by atoms with Gasteiger partial charge in [0.05, 0.1) is 0 Å². The predicted octanol–water partition coefficient (Wildman–Crippen LogP) is 4.11. The van der Waals surface area contributed by atoms with Crippen molar-refractivity contribution in [2.75, 3.05) is 11.1 Å². The molecule has 1 amide bonds. The highest BCUT2D eigenvalue weighted by Gasteiger charge is 2.16. The molecular formula is C19H24N2O2. The third-order valence-electron chi connectivity index (χ3n) is 3.75. The van der Waals surface area contributed by atoms with Crippen LogP contribution < -0.4 is 15.8 Å². The van der Waals surface area contributed by atoms with E-state index in [0.29, 0.717) is 23.0 Å². The second-order valence-corrected chi connectivity index (χ2v) is 6.05. The molecule has 0 heterocycles. The fourth-order valence-corrected chi connectivity index (χ4v) is 2.20. The Morgan fingerprint density at radius 2 is 1.74 bits per heavy atom. The van der Waals surface area contributed by atoms with Crippen LogP contribution in [0, 0.1) is 6.92 Å². The first kappa shape index (κ1) is 16.9. The number of carbonyl (C=O) groups is 1. The van der Waals surface area contributed by atoms with E-state index in [0.717, 1.165) is 5.56 Å². The summed E-state index contributed by atoms with van der Waals surface area (Å²) in [6, 6.07) is 13.3. The predicted molar refractivity (Wildman–Crippen MR) is 94.8 cm³/mol. The van der Waals surface area contributed by atoms with E-state index in [4.69, 9.17) is 10.5 Å². The van der Waals surface area contributed by atoms with Gasteiger partial charge in [-0.3, -0.25) is 4.79 Å². The van der Waals surface area contributed by atoms with Gasteiger partial charge in [0.25, 0.3) is 5.91 Å². The fourth-order valence-electron chi connectivity index (χ4n) is 2.20. The van der Waals surface area contributed by atoms with Crippen molar-refractivity contribution >= 4 is 17.3 Å². The third-order valence-corrected chi connectivity index (χ3v) is 3.75. The smallest absolute Gasteiger partial charge is 0.265 e. The number of ether oxygens (including phenoxy) is 1. The molecule has 3 N–H and O–H groups in total. The number of amides is 1. The Balaban J connectivity index is 2.01. The molecule has 0 aliphatic carbocycles. The maximum atomic E-state index is 12.3. The number of nitrogens with one attached hydrogen (secondary N) is 1. The van der Waals surface area contributed by atoms with Crippen LogP contribution >= 0.6 is 0 Å². The second-order valence-electron chi connectivity index (χ2n) is 6.05. The molecule has 0 spiro atoms. The van der Waals surface area contributed by atoms with Gasteiger partial charge in [-0.05, 0) is 55.2 Å². The van der Waals surface area contributed by atoms with Gasteiger partial charge in [-0.25, -0.2) is 0 Å². The normalized spacial score (nSPS) is 12.0. The van der Waals surface area contributed by atoms with E-state index >= 15 is 0 Å². The molecule has 0 aromatic heterocycles. The van der Waals surface area contributed by atoms with Gasteiger partial charge in [-0.2, -0.15) is 0 Å². The van der Waals surface area contributed by atoms with Crippen molar-refractivity contribution in [3.05, 3.63) is 53.6 Å². The first-order valence-corrected chi connectivity index (χ1v) is 7.80. The molecule has 4 heteroatoms. The summed E-state index contributed by atoms with van der Waals surface area (Å²) >= 11 is 0. The zero-order valence-electron chi connectivity index (χ0n) is 14.1. The number of benzene rings is 2. The SMILES string of the molecule is Cc1ccc(N)cc1NC(=O)[C@@H](C)Oc1ccc(C(C)C)cc1. The van der Waals surface area contributed by atoms with E-state index in [2.05, 4.69) is 19.2 Å². The maximum absolute atomic E-state index is 12.3. The summed E-state index contributed by atoms with van der Waals surface area (Å²) in [4.78, 5) is 12.3. The van der Waals surface area contributed by atoms with Gasteiger partial charge in [-0.15, -0.1) is 0 Å². The average Bonchev–Trinajstić information content (AvgIpc) is 2.51. The van der Waals surface area contributed by atoms with Crippen LogP contribution in [-0.4, -0.2) is 12.0 Å². The Hall–Kier alpha value is -2.49. The van der Waals surface area contributed by atoms with Crippen LogP contribution in [0.4, 0.5) is 11.4 Å². The minimum Gasteiger partial charge on any atom is -0.481 e. The number of anilines is 2. The van der Waals surface area contributed by atoms with Crippen molar-refractivity contribution < 1.29 is 9.53 Å². The first-order valence-electron chi connectivity index (χ1n) is 7.80. The zero-order chi connectivity index (χ0) is 17.0. The van der Waals surface area contributed by atoms with Crippen LogP contribution in [0.3, 0.4) is 0 Å². The molecule has 0 aliphatic rings. The fraction of sp³-hybridized carbons (Fsp3) is 0.316. The monoisotopic (exact) mass is 312 g/mol. The highest BCUT2D eigenvalue weighted by Crippen LogP contribution is 2.21. The van der Waals surface area contributed by atoms with E-state index in [1.165, 1.54) is 5.56 Å². The molecule has 2 aromatic rings. The highest BCUT2D eigenvalue weighted by atomic mass is 16.5. The summed E-state index contributed by atoms with van der Waals surface area (Å²) in [5.74, 6) is 0.948. The van der Waals surface area contributed by atoms with Crippen molar-refractivity contribution in [3.63, 3.8) is 0 Å². The van der Waals surface area contributed by atoms with Crippen LogP contribution in [0.1, 0.15) is 37.8 Å². The van der Waals surface area contributed by atoms with E-state index in [1.807, 2.05) is 37.3 Å². The van der Waals surface area contributed by atoms with E-state index in [-0.39, 0.29) is 5.91 Å². The molecule has 2 aromatic carbocycles. The van der Waals surface area contributed by atoms with Crippen molar-refractivity contribution in [2.45, 2.75) is 39.7 Å². The van der Waals surface area contributed by atoms with Crippen LogP contribution in [0.15, 0.2) is 42.5 Å². The first-order chi connectivity index (χ1) is 10.9. The number of nitrogens with two attached hydrogens (primary N) is 1. The average molecular weight is 312 g/mol. The number of hydrogen-bond acceptors (Lipinski definition) is 3. The molecule has 23 heavy (non-hydrogen) atoms. The number of rotatable bonds is 5. The summed E-state index contributed by atoms with van der Waals surface area (Å²) in [5.41, 5.74) is 9.28. The molecule has 0 fully saturated rings. The van der Waals surface area contributed by atoms with Gasteiger partial charge in [0.2, 0.25) is 0 Å². The highest BCUT2D eigenvalue weighted by molar-refractivity contribution is 5.95. The summed E-state index contributed by atoms with van der Waals surface area (Å²) in [5, 5.41) is 2.86. The van der Waals surface area contributed by atoms with Gasteiger partial charge < -0.3 is 15.8 Å². The molecule has 0 unspecified atom stereocenters. The lowest BCUT2D eigenvalue weighted by atomic mass is 10.0. The summed E-state index contributed by atoms with van der Waals surface area (Å²) in [7, 11) is 0. The van der Waals surface area contributed by atoms with Gasteiger partial charge in [0.15, 0.2) is 6.10 Å². The van der Waals surface area contributed by atoms with E-state index in [1.54, 1.807) is 19.1 Å². The quantitative estimate of drug-likeness (QED) is 0.817. The van der Waals surface area contributed by atoms with Gasteiger partial charge >= 0.3 is 0 Å². The lowest BCUT2D eigenvalue weighted by Crippen LogP contribution is -2.30. The molecule has 0 saturated heterocycles. The molecule has 0 radical (unpaired) electrons. The van der Waals surface area contributed by atoms with Crippen molar-refractivity contribution in [2.24, 2.45) is 0 Å². The van der Waals surface area contributed by atoms with Crippen molar-refractivity contribution in [3.8, 4) is 5.75 Å². The van der Waals surface area contributed by atoms with E-state index < -0.39 is 6.10 Å². The van der Waals surface area contributed by atoms with Gasteiger partial charge in [0.1, 0.15) is 5.75 Å². The molecule has 2 rings (SSSR count). The molecular weight excluding hydrogens is 288 g/mol. The molecule has 4 nitrogen and oxygen atoms in total. The number of nitrogen functional groups attached to an aromatic ring is 1. The summed E-state index contributed by atoms with van der Waals surface area (Å²) in [6.07, 6.45) is -0.597. The molecule has 0 saturated carbocycles. The lowest BCUT2D eigenvalue weighted by molar-refractivity contribution is -0.122. The molecule has 0 aliphatic heterocycles. The number of hydrogen-bond donors (Lipinski definition) is 2. The largest absolute Gasteiger partial charge is 0.481 e. The number of carbonyl (C=O) groups excluding carboxylic acids is 1. The van der Waals surface area contributed by atoms with E-state index in [9.17, 15) is 4.79 Å². The Kier molecular flexibility index (Phi) is 5.27. The van der Waals surface area contributed by atoms with Gasteiger partial charge in [0, 0.05) is 11.4 Å². The summed E-state index contributed by atoms with van der Waals surface area (Å²) < 4.78 is 5.71. The van der Waals surface area contributed by atoms with Crippen LogP contribution in [-0.2, 0) is 4.79 Å². The topological polar surface area (TPSA) is 64.3 Å². The Labute approximate surface area is 137 Å². The minimum atomic E-state index is -0.597. The number of aryl methyl sites for hydroxylation is 1. The lowest BCUT2D eigenvalue weighted by Gasteiger charge is -2.16. The van der Waals surface area contributed by atoms with Gasteiger partial charge in [-0.1, -0.05) is 32.0 Å². The maximum Gasteiger partial charge on any atom is 0.265 e. The van der Waals surface area contributed by atoms with Crippen LogP contribution in [0.25, 0.3) is 0 Å². The third kappa shape index (κ3) is 4.49. The van der Waals surface area contributed by atoms with Crippen molar-refractivity contribution in [1.82, 2.24) is 0 Å². The van der Waals surface area contributed by atoms with Crippen molar-refractivity contribution in [1.29, 1.82) is 0 Å². The van der Waals surface area contributed by atoms with Crippen LogP contribution in [0.5, 0.6) is 5.75 Å². The second kappa shape index (κ2) is 7.18. The standard InChI is InChI=1S/C19H24N2O2/c1-12(2)15-6-9-17(10-7-15)23-14(4)19(22)21-18-11-16(20)8-5-13(18)3/h5-12,14H,20H2,1-4H3,(H,21,22)/t14-/m1/s1. The minimum absolute atomic E-state index is 0.202. The molecule has 0 bridgehead atoms. The Morgan fingerprint density at radius 1 is 1.09 bits per heavy atom. The molecule has 122 valence electrons. The molecule has 1 atom stereocenters. The summed E-state index contributed by atoms with van der Waals surface area (Å²) in [6.45, 7) is 7.93. The van der Waals surface area contributed by atoms with Crippen LogP contribution in [0.2, 0.25) is 0 Å². The Morgan fingerprint density at radius 3 is 2.35 bits per heavy atom. The zero-order valence-corrected chi connectivity index (χ0v) is 14.1. The Bertz CT molecular complexity index is 678.